The number of halogens is 3. The van der Waals surface area contributed by atoms with Crippen LogP contribution in [0.15, 0.2) is 30.3 Å². The molecule has 0 saturated heterocycles. The number of rotatable bonds is 0. The Morgan fingerprint density at radius 2 is 1.31 bits per heavy atom. The van der Waals surface area contributed by atoms with E-state index in [0.29, 0.717) is 5.75 Å². The van der Waals surface area contributed by atoms with E-state index in [-0.39, 0.29) is 0 Å². The van der Waals surface area contributed by atoms with Crippen LogP contribution in [0.5, 0.6) is 5.75 Å². The molecule has 2 N–H and O–H groups in total. The van der Waals surface area contributed by atoms with Gasteiger partial charge in [-0.05, 0) is 12.1 Å². The SMILES string of the molecule is CO.ClP(Cl)Cl.Oc1ccccc1. The predicted molar refractivity (Wildman–Crippen MR) is 60.7 cm³/mol. The summed E-state index contributed by atoms with van der Waals surface area (Å²) in [6.07, 6.45) is 0. The maximum absolute atomic E-state index is 8.63. The first-order chi connectivity index (χ1) is 6.13. The van der Waals surface area contributed by atoms with Crippen molar-refractivity contribution in [3.8, 4) is 5.75 Å². The molecular weight excluding hydrogens is 253 g/mol. The van der Waals surface area contributed by atoms with Crippen molar-refractivity contribution in [2.45, 2.75) is 0 Å². The smallest absolute Gasteiger partial charge is 0.179 e. The van der Waals surface area contributed by atoms with Gasteiger partial charge in [0.2, 0.25) is 0 Å². The molecule has 0 saturated carbocycles. The monoisotopic (exact) mass is 262 g/mol. The van der Waals surface area contributed by atoms with Gasteiger partial charge in [-0.15, -0.1) is 0 Å². The number of benzene rings is 1. The van der Waals surface area contributed by atoms with Crippen LogP contribution in [0, 0.1) is 0 Å². The van der Waals surface area contributed by atoms with Gasteiger partial charge in [-0.2, -0.15) is 0 Å². The third kappa shape index (κ3) is 18.9. The fourth-order valence-electron chi connectivity index (χ4n) is 0.428. The number of aliphatic hydroxyl groups excluding tert-OH is 1. The summed E-state index contributed by atoms with van der Waals surface area (Å²) in [4.78, 5) is 0. The molecule has 0 spiro atoms. The van der Waals surface area contributed by atoms with Crippen molar-refractivity contribution in [2.24, 2.45) is 0 Å². The van der Waals surface area contributed by atoms with E-state index in [1.807, 2.05) is 6.07 Å². The van der Waals surface area contributed by atoms with Gasteiger partial charge in [-0.25, -0.2) is 0 Å². The number of aliphatic hydroxyl groups is 1. The zero-order valence-corrected chi connectivity index (χ0v) is 10.0. The van der Waals surface area contributed by atoms with Gasteiger partial charge < -0.3 is 10.2 Å². The quantitative estimate of drug-likeness (QED) is 0.696. The Morgan fingerprint density at radius 3 is 1.46 bits per heavy atom. The first-order valence-electron chi connectivity index (χ1n) is 3.09. The maximum Gasteiger partial charge on any atom is 0.179 e. The van der Waals surface area contributed by atoms with Crippen LogP contribution in [-0.2, 0) is 0 Å². The van der Waals surface area contributed by atoms with Crippen molar-refractivity contribution < 1.29 is 10.2 Å². The van der Waals surface area contributed by atoms with Crippen LogP contribution in [0.1, 0.15) is 0 Å². The summed E-state index contributed by atoms with van der Waals surface area (Å²) in [7, 11) is 1.00. The normalized spacial score (nSPS) is 7.85. The van der Waals surface area contributed by atoms with Gasteiger partial charge in [0.25, 0.3) is 0 Å². The van der Waals surface area contributed by atoms with E-state index in [4.69, 9.17) is 43.9 Å². The van der Waals surface area contributed by atoms with Crippen LogP contribution < -0.4 is 0 Å². The highest BCUT2D eigenvalue weighted by molar-refractivity contribution is 8.20. The van der Waals surface area contributed by atoms with Crippen LogP contribution in [0.25, 0.3) is 0 Å². The number of phenols is 1. The summed E-state index contributed by atoms with van der Waals surface area (Å²) in [6, 6.07) is 8.71. The average molecular weight is 263 g/mol. The largest absolute Gasteiger partial charge is 0.508 e. The lowest BCUT2D eigenvalue weighted by Crippen LogP contribution is -1.56. The molecule has 6 heteroatoms. The molecule has 1 aromatic rings. The van der Waals surface area contributed by atoms with Crippen LogP contribution in [0.2, 0.25) is 0 Å². The van der Waals surface area contributed by atoms with Crippen LogP contribution >= 0.6 is 39.7 Å². The van der Waals surface area contributed by atoms with E-state index < -0.39 is 5.98 Å². The van der Waals surface area contributed by atoms with E-state index >= 15 is 0 Å². The zero-order valence-electron chi connectivity index (χ0n) is 6.86. The number of aromatic hydroxyl groups is 1. The summed E-state index contributed by atoms with van der Waals surface area (Å²) >= 11 is 14.6. The van der Waals surface area contributed by atoms with E-state index in [9.17, 15) is 0 Å². The highest BCUT2D eigenvalue weighted by Gasteiger charge is 1.80. The van der Waals surface area contributed by atoms with Crippen molar-refractivity contribution in [3.63, 3.8) is 0 Å². The van der Waals surface area contributed by atoms with Gasteiger partial charge in [0.05, 0.1) is 0 Å². The average Bonchev–Trinajstić information content (AvgIpc) is 2.08. The van der Waals surface area contributed by atoms with Gasteiger partial charge in [-0.3, -0.25) is 0 Å². The molecule has 0 unspecified atom stereocenters. The molecule has 13 heavy (non-hydrogen) atoms. The second kappa shape index (κ2) is 12.3. The highest BCUT2D eigenvalue weighted by Crippen LogP contribution is 2.51. The Morgan fingerprint density at radius 1 is 1.00 bits per heavy atom. The van der Waals surface area contributed by atoms with Crippen molar-refractivity contribution >= 4 is 39.7 Å². The second-order valence-electron chi connectivity index (χ2n) is 1.53. The van der Waals surface area contributed by atoms with Crippen molar-refractivity contribution in [1.29, 1.82) is 0 Å². The lowest BCUT2D eigenvalue weighted by Gasteiger charge is -1.82. The molecule has 0 aromatic heterocycles. The molecule has 1 rings (SSSR count). The van der Waals surface area contributed by atoms with Crippen molar-refractivity contribution in [3.05, 3.63) is 30.3 Å². The number of para-hydroxylation sites is 1. The molecule has 0 amide bonds. The zero-order chi connectivity index (χ0) is 10.7. The third-order valence-electron chi connectivity index (χ3n) is 0.756. The summed E-state index contributed by atoms with van der Waals surface area (Å²) in [5, 5.41) is 15.6. The Balaban J connectivity index is 0. The molecule has 0 fully saturated rings. The van der Waals surface area contributed by atoms with E-state index in [0.717, 1.165) is 7.11 Å². The summed E-state index contributed by atoms with van der Waals surface area (Å²) in [5.74, 6) is -0.882. The summed E-state index contributed by atoms with van der Waals surface area (Å²) in [5.41, 5.74) is 0. The summed E-state index contributed by atoms with van der Waals surface area (Å²) < 4.78 is 0. The first kappa shape index (κ1) is 15.7. The van der Waals surface area contributed by atoms with Gasteiger partial charge >= 0.3 is 0 Å². The Kier molecular flexibility index (Phi) is 14.9. The van der Waals surface area contributed by atoms with Gasteiger partial charge in [-0.1, -0.05) is 51.9 Å². The molecule has 0 atom stereocenters. The van der Waals surface area contributed by atoms with E-state index in [1.54, 1.807) is 24.3 Å². The third-order valence-corrected chi connectivity index (χ3v) is 0.756. The summed E-state index contributed by atoms with van der Waals surface area (Å²) in [6.45, 7) is 0. The standard InChI is InChI=1S/C6H6O.CH4O.Cl3P/c7-6-4-2-1-3-5-6;1-2;1-4(2)3/h1-5,7H;2H,1H3;. The van der Waals surface area contributed by atoms with Crippen LogP contribution in [0.4, 0.5) is 0 Å². The minimum atomic E-state index is -1.20. The minimum Gasteiger partial charge on any atom is -0.508 e. The van der Waals surface area contributed by atoms with E-state index in [2.05, 4.69) is 0 Å². The van der Waals surface area contributed by atoms with Crippen LogP contribution in [0.3, 0.4) is 0 Å². The predicted octanol–water partition coefficient (Wildman–Crippen LogP) is 3.93. The Hall–Kier alpha value is 0.280. The Labute approximate surface area is 93.2 Å². The molecule has 76 valence electrons. The molecule has 0 heterocycles. The van der Waals surface area contributed by atoms with Crippen molar-refractivity contribution in [2.75, 3.05) is 7.11 Å². The molecule has 0 aliphatic heterocycles. The fourth-order valence-corrected chi connectivity index (χ4v) is 0.428. The van der Waals surface area contributed by atoms with Gasteiger partial charge in [0, 0.05) is 7.11 Å². The molecule has 1 aromatic carbocycles. The lowest BCUT2D eigenvalue weighted by molar-refractivity contribution is 0.399. The fraction of sp³-hybridized carbons (Fsp3) is 0.143. The number of hydrogen-bond donors (Lipinski definition) is 2. The van der Waals surface area contributed by atoms with Crippen LogP contribution in [-0.4, -0.2) is 17.3 Å². The first-order valence-corrected chi connectivity index (χ1v) is 7.15. The van der Waals surface area contributed by atoms with Crippen molar-refractivity contribution in [1.82, 2.24) is 0 Å². The molecule has 0 aliphatic rings. The molecule has 0 radical (unpaired) electrons. The highest BCUT2D eigenvalue weighted by atomic mass is 36.0. The van der Waals surface area contributed by atoms with E-state index in [1.165, 1.54) is 0 Å². The lowest BCUT2D eigenvalue weighted by atomic mass is 10.3. The molecular formula is C7H10Cl3O2P. The Bertz CT molecular complexity index is 182. The molecule has 0 bridgehead atoms. The second-order valence-corrected chi connectivity index (χ2v) is 6.51. The number of phenolic OH excluding ortho intramolecular Hbond substituents is 1. The maximum atomic E-state index is 8.63. The molecule has 0 aliphatic carbocycles. The number of hydrogen-bond acceptors (Lipinski definition) is 2. The van der Waals surface area contributed by atoms with Gasteiger partial charge in [0.1, 0.15) is 5.75 Å². The van der Waals surface area contributed by atoms with Gasteiger partial charge in [0.15, 0.2) is 5.98 Å². The molecule has 2 nitrogen and oxygen atoms in total. The topological polar surface area (TPSA) is 40.5 Å². The minimum absolute atomic E-state index is 0.322.